The molecule has 0 bridgehead atoms. The molecule has 0 fully saturated rings. The summed E-state index contributed by atoms with van der Waals surface area (Å²) in [6.07, 6.45) is 1.64. The third kappa shape index (κ3) is 5.51. The molecular weight excluding hydrogens is 324 g/mol. The lowest BCUT2D eigenvalue weighted by atomic mass is 10.2. The van der Waals surface area contributed by atoms with Crippen LogP contribution in [0.15, 0.2) is 54.6 Å². The number of amides is 1. The average molecular weight is 354 g/mol. The number of unbranched alkanes of at least 4 members (excludes halogenated alkanes) is 1. The number of carbonyl (C=O) groups excluding carboxylic acids is 1. The van der Waals surface area contributed by atoms with E-state index in [2.05, 4.69) is 6.92 Å². The minimum absolute atomic E-state index is 0.374. The van der Waals surface area contributed by atoms with Crippen LogP contribution in [0, 0.1) is 6.92 Å². The Morgan fingerprint density at radius 3 is 2.12 bits per heavy atom. The number of para-hydroxylation sites is 1. The molecule has 0 aromatic heterocycles. The third-order valence-electron chi connectivity index (χ3n) is 3.86. The Balaban J connectivity index is 2.47. The largest absolute Gasteiger partial charge is 0.442 e. The number of ether oxygens (including phenoxy) is 1. The molecule has 140 valence electrons. The zero-order chi connectivity index (χ0) is 19.2. The topological polar surface area (TPSA) is 32.8 Å². The highest BCUT2D eigenvalue weighted by molar-refractivity contribution is 5.91. The van der Waals surface area contributed by atoms with Crippen molar-refractivity contribution in [3.63, 3.8) is 0 Å². The Labute approximate surface area is 157 Å². The van der Waals surface area contributed by atoms with Crippen LogP contribution in [-0.2, 0) is 4.74 Å². The molecule has 0 saturated carbocycles. The van der Waals surface area contributed by atoms with E-state index in [1.165, 1.54) is 0 Å². The van der Waals surface area contributed by atoms with Gasteiger partial charge < -0.3 is 4.74 Å². The van der Waals surface area contributed by atoms with Gasteiger partial charge in [0.15, 0.2) is 0 Å². The molecule has 0 spiro atoms. The molecule has 2 aromatic rings. The first kappa shape index (κ1) is 19.8. The second kappa shape index (κ2) is 8.75. The molecule has 0 aliphatic heterocycles. The van der Waals surface area contributed by atoms with Crippen LogP contribution >= 0.6 is 0 Å². The van der Waals surface area contributed by atoms with Crippen molar-refractivity contribution >= 4 is 17.5 Å². The van der Waals surface area contributed by atoms with E-state index in [9.17, 15) is 4.79 Å². The Kier molecular flexibility index (Phi) is 6.67. The summed E-state index contributed by atoms with van der Waals surface area (Å²) in [6, 6.07) is 17.9. The van der Waals surface area contributed by atoms with Gasteiger partial charge in [-0.3, -0.25) is 5.01 Å². The van der Waals surface area contributed by atoms with E-state index in [-0.39, 0.29) is 6.09 Å². The highest BCUT2D eigenvalue weighted by Gasteiger charge is 2.28. The van der Waals surface area contributed by atoms with Gasteiger partial charge in [0, 0.05) is 6.54 Å². The molecule has 0 aliphatic carbocycles. The lowest BCUT2D eigenvalue weighted by Crippen LogP contribution is -2.49. The predicted octanol–water partition coefficient (Wildman–Crippen LogP) is 5.96. The summed E-state index contributed by atoms with van der Waals surface area (Å²) in [7, 11) is 0. The Morgan fingerprint density at radius 1 is 0.962 bits per heavy atom. The van der Waals surface area contributed by atoms with Gasteiger partial charge in [0.1, 0.15) is 5.60 Å². The fourth-order valence-electron chi connectivity index (χ4n) is 2.59. The van der Waals surface area contributed by atoms with Crippen molar-refractivity contribution in [2.45, 2.75) is 53.1 Å². The van der Waals surface area contributed by atoms with Crippen molar-refractivity contribution in [3.05, 3.63) is 60.2 Å². The summed E-state index contributed by atoms with van der Waals surface area (Å²) in [5, 5.41) is 3.65. The van der Waals surface area contributed by atoms with Crippen LogP contribution in [0.4, 0.5) is 16.2 Å². The zero-order valence-corrected chi connectivity index (χ0v) is 16.5. The van der Waals surface area contributed by atoms with E-state index in [1.807, 2.05) is 87.3 Å². The number of rotatable bonds is 6. The van der Waals surface area contributed by atoms with E-state index < -0.39 is 5.60 Å². The van der Waals surface area contributed by atoms with Crippen molar-refractivity contribution in [1.29, 1.82) is 0 Å². The molecule has 2 rings (SSSR count). The first-order valence-electron chi connectivity index (χ1n) is 9.24. The van der Waals surface area contributed by atoms with Crippen LogP contribution in [0.3, 0.4) is 0 Å². The molecule has 4 nitrogen and oxygen atoms in total. The highest BCUT2D eigenvalue weighted by Crippen LogP contribution is 2.26. The monoisotopic (exact) mass is 354 g/mol. The molecule has 0 heterocycles. The summed E-state index contributed by atoms with van der Waals surface area (Å²) in [4.78, 5) is 13.1. The Morgan fingerprint density at radius 2 is 1.58 bits per heavy atom. The number of carbonyl (C=O) groups is 1. The van der Waals surface area contributed by atoms with Gasteiger partial charge >= 0.3 is 6.09 Å². The second-order valence-corrected chi connectivity index (χ2v) is 7.44. The Bertz CT molecular complexity index is 690. The molecule has 26 heavy (non-hydrogen) atoms. The predicted molar refractivity (Wildman–Crippen MR) is 109 cm³/mol. The van der Waals surface area contributed by atoms with Crippen molar-refractivity contribution in [2.24, 2.45) is 0 Å². The van der Waals surface area contributed by atoms with Gasteiger partial charge in [0.25, 0.3) is 0 Å². The van der Waals surface area contributed by atoms with E-state index >= 15 is 0 Å². The molecule has 0 saturated heterocycles. The SMILES string of the molecule is CCCCN(c1ccccc1)N(C(=O)OC(C)(C)C)c1ccc(C)cc1. The number of aryl methyl sites for hydroxylation is 1. The number of nitrogens with zero attached hydrogens (tertiary/aromatic N) is 2. The van der Waals surface area contributed by atoms with Gasteiger partial charge in [-0.2, -0.15) is 5.01 Å². The average Bonchev–Trinajstić information content (AvgIpc) is 2.59. The lowest BCUT2D eigenvalue weighted by molar-refractivity contribution is 0.0575. The number of hydrazine groups is 1. The fourth-order valence-corrected chi connectivity index (χ4v) is 2.59. The first-order valence-corrected chi connectivity index (χ1v) is 9.24. The minimum Gasteiger partial charge on any atom is -0.442 e. The standard InChI is InChI=1S/C22H30N2O2/c1-6-7-17-23(19-11-9-8-10-12-19)24(21(25)26-22(3,4)5)20-15-13-18(2)14-16-20/h8-16H,6-7,17H2,1-5H3. The van der Waals surface area contributed by atoms with Gasteiger partial charge in [-0.1, -0.05) is 49.2 Å². The molecule has 0 aliphatic rings. The van der Waals surface area contributed by atoms with Gasteiger partial charge in [0.05, 0.1) is 11.4 Å². The van der Waals surface area contributed by atoms with E-state index in [0.717, 1.165) is 36.3 Å². The molecule has 4 heteroatoms. The highest BCUT2D eigenvalue weighted by atomic mass is 16.6. The number of anilines is 2. The van der Waals surface area contributed by atoms with Crippen molar-refractivity contribution < 1.29 is 9.53 Å². The normalized spacial score (nSPS) is 11.1. The van der Waals surface area contributed by atoms with Crippen LogP contribution in [0.2, 0.25) is 0 Å². The molecular formula is C22H30N2O2. The molecule has 0 unspecified atom stereocenters. The van der Waals surface area contributed by atoms with Gasteiger partial charge in [-0.25, -0.2) is 4.79 Å². The molecule has 0 radical (unpaired) electrons. The molecule has 0 atom stereocenters. The number of hydrogen-bond donors (Lipinski definition) is 0. The molecule has 1 amide bonds. The second-order valence-electron chi connectivity index (χ2n) is 7.44. The van der Waals surface area contributed by atoms with Crippen LogP contribution in [-0.4, -0.2) is 18.2 Å². The quantitative estimate of drug-likeness (QED) is 0.600. The van der Waals surface area contributed by atoms with Gasteiger partial charge in [-0.05, 0) is 58.4 Å². The van der Waals surface area contributed by atoms with Gasteiger partial charge in [0.2, 0.25) is 0 Å². The summed E-state index contributed by atoms with van der Waals surface area (Å²) in [6.45, 7) is 10.6. The summed E-state index contributed by atoms with van der Waals surface area (Å²) < 4.78 is 5.71. The molecule has 0 N–H and O–H groups in total. The van der Waals surface area contributed by atoms with E-state index in [1.54, 1.807) is 5.01 Å². The van der Waals surface area contributed by atoms with Crippen LogP contribution in [0.5, 0.6) is 0 Å². The first-order chi connectivity index (χ1) is 12.3. The van der Waals surface area contributed by atoms with E-state index in [0.29, 0.717) is 0 Å². The summed E-state index contributed by atoms with van der Waals surface area (Å²) in [5.41, 5.74) is 2.35. The number of hydrogen-bond acceptors (Lipinski definition) is 3. The van der Waals surface area contributed by atoms with Crippen LogP contribution in [0.1, 0.15) is 46.1 Å². The zero-order valence-electron chi connectivity index (χ0n) is 16.5. The smallest absolute Gasteiger partial charge is 0.434 e. The third-order valence-corrected chi connectivity index (χ3v) is 3.86. The summed E-state index contributed by atoms with van der Waals surface area (Å²) in [5.74, 6) is 0. The van der Waals surface area contributed by atoms with E-state index in [4.69, 9.17) is 4.74 Å². The van der Waals surface area contributed by atoms with Crippen LogP contribution < -0.4 is 10.0 Å². The lowest BCUT2D eigenvalue weighted by Gasteiger charge is -2.37. The van der Waals surface area contributed by atoms with Crippen molar-refractivity contribution in [3.8, 4) is 0 Å². The maximum absolute atomic E-state index is 13.1. The molecule has 2 aromatic carbocycles. The van der Waals surface area contributed by atoms with Gasteiger partial charge in [-0.15, -0.1) is 0 Å². The van der Waals surface area contributed by atoms with Crippen LogP contribution in [0.25, 0.3) is 0 Å². The van der Waals surface area contributed by atoms with Crippen molar-refractivity contribution in [2.75, 3.05) is 16.6 Å². The summed E-state index contributed by atoms with van der Waals surface area (Å²) >= 11 is 0. The minimum atomic E-state index is -0.562. The maximum atomic E-state index is 13.1. The maximum Gasteiger partial charge on any atom is 0.434 e. The fraction of sp³-hybridized carbons (Fsp3) is 0.409. The number of benzene rings is 2. The Hall–Kier alpha value is -2.49. The van der Waals surface area contributed by atoms with Crippen molar-refractivity contribution in [1.82, 2.24) is 0 Å².